The molecule has 37 heavy (non-hydrogen) atoms. The highest BCUT2D eigenvalue weighted by Gasteiger charge is 2.77. The molecule has 4 aliphatic carbocycles. The highest BCUT2D eigenvalue weighted by molar-refractivity contribution is 9.10. The number of fused-ring (bicyclic) bond motifs is 5. The quantitative estimate of drug-likeness (QED) is 0.386. The molecule has 1 aromatic rings. The number of rotatable bonds is 2. The summed E-state index contributed by atoms with van der Waals surface area (Å²) in [5, 5.41) is 13.0. The van der Waals surface area contributed by atoms with Crippen LogP contribution in [-0.2, 0) is 19.0 Å². The summed E-state index contributed by atoms with van der Waals surface area (Å²) in [6.07, 6.45) is 2.82. The summed E-state index contributed by atoms with van der Waals surface area (Å²) in [6, 6.07) is 7.04. The third kappa shape index (κ3) is 3.27. The van der Waals surface area contributed by atoms with Crippen LogP contribution in [0.25, 0.3) is 0 Å². The van der Waals surface area contributed by atoms with Crippen LogP contribution in [0.1, 0.15) is 58.3 Å². The van der Waals surface area contributed by atoms with Crippen LogP contribution in [0.3, 0.4) is 0 Å². The van der Waals surface area contributed by atoms with E-state index in [1.165, 1.54) is 0 Å². The van der Waals surface area contributed by atoms with Gasteiger partial charge in [0.05, 0.1) is 17.6 Å². The minimum absolute atomic E-state index is 0.00247. The second kappa shape index (κ2) is 7.87. The molecule has 1 N–H and O–H groups in total. The molecule has 1 aliphatic heterocycles. The van der Waals surface area contributed by atoms with E-state index in [2.05, 4.69) is 36.7 Å². The number of halogens is 1. The van der Waals surface area contributed by atoms with Gasteiger partial charge >= 0.3 is 5.97 Å². The molecule has 8 atom stereocenters. The number of hydrogen-bond donors (Lipinski definition) is 1. The standard InChI is InChI=1S/C30H35BrO6/c1-15-13-29-16(2)11-20-22(27(20,3)4)19(23(29)32)12-17-14-35-28(5,6)37-25(17)30(29,34)24(15)36-26(33)18-9-7-8-10-21(18)31/h7-10,12-13,16,19-20,22,24-25,34H,11,14H2,1-6H3/t16-,19+,20-,22+,24+,25-,29+,30-/m1/s1. The molecule has 2 saturated carbocycles. The van der Waals surface area contributed by atoms with E-state index < -0.39 is 35.0 Å². The zero-order valence-electron chi connectivity index (χ0n) is 22.2. The fraction of sp³-hybridized carbons (Fsp3) is 0.600. The largest absolute Gasteiger partial charge is 0.451 e. The van der Waals surface area contributed by atoms with Crippen molar-refractivity contribution in [2.24, 2.45) is 34.5 Å². The Balaban J connectivity index is 1.52. The number of ether oxygens (including phenoxy) is 3. The van der Waals surface area contributed by atoms with E-state index in [1.54, 1.807) is 18.2 Å². The van der Waals surface area contributed by atoms with Crippen molar-refractivity contribution in [3.05, 3.63) is 57.6 Å². The normalized spacial score (nSPS) is 42.8. The number of hydrogen-bond acceptors (Lipinski definition) is 6. The Morgan fingerprint density at radius 3 is 2.59 bits per heavy atom. The van der Waals surface area contributed by atoms with Gasteiger partial charge in [0.1, 0.15) is 6.10 Å². The summed E-state index contributed by atoms with van der Waals surface area (Å²) in [5.41, 5.74) is -1.23. The molecule has 5 aliphatic rings. The maximum absolute atomic E-state index is 14.7. The number of ketones is 1. The molecule has 1 spiro atoms. The highest BCUT2D eigenvalue weighted by Crippen LogP contribution is 2.72. The lowest BCUT2D eigenvalue weighted by molar-refractivity contribution is -0.302. The van der Waals surface area contributed by atoms with Crippen LogP contribution in [0.5, 0.6) is 0 Å². The molecule has 0 unspecified atom stereocenters. The Kier molecular flexibility index (Phi) is 5.42. The van der Waals surface area contributed by atoms with Crippen LogP contribution in [0.4, 0.5) is 0 Å². The van der Waals surface area contributed by atoms with Gasteiger partial charge in [-0.3, -0.25) is 4.79 Å². The van der Waals surface area contributed by atoms with E-state index in [9.17, 15) is 14.7 Å². The van der Waals surface area contributed by atoms with E-state index in [0.717, 1.165) is 12.0 Å². The number of benzene rings is 1. The number of allylic oxidation sites excluding steroid dienone is 1. The van der Waals surface area contributed by atoms with Crippen LogP contribution in [0, 0.1) is 34.5 Å². The molecule has 7 heteroatoms. The van der Waals surface area contributed by atoms with Gasteiger partial charge in [-0.05, 0) is 89.6 Å². The van der Waals surface area contributed by atoms with Crippen LogP contribution < -0.4 is 0 Å². The van der Waals surface area contributed by atoms with Crippen molar-refractivity contribution in [3.63, 3.8) is 0 Å². The smallest absolute Gasteiger partial charge is 0.339 e. The SMILES string of the molecule is CC1=C[C@]23C(=O)[C@@H](C=C4COC(C)(C)O[C@H]4[C@]2(O)[C@H]1OC(=O)c1ccccc1Br)[C@H]1[C@@H](C[C@H]3C)C1(C)C. The summed E-state index contributed by atoms with van der Waals surface area (Å²) < 4.78 is 19.2. The number of carbonyl (C=O) groups is 2. The fourth-order valence-electron chi connectivity index (χ4n) is 8.10. The van der Waals surface area contributed by atoms with Gasteiger partial charge in [-0.25, -0.2) is 4.79 Å². The molecule has 6 rings (SSSR count). The van der Waals surface area contributed by atoms with Gasteiger partial charge in [0.2, 0.25) is 0 Å². The molecule has 2 bridgehead atoms. The lowest BCUT2D eigenvalue weighted by Gasteiger charge is -2.52. The first-order chi connectivity index (χ1) is 17.3. The number of Topliss-reactive ketones (excluding diaryl/α,β-unsaturated/α-hetero) is 1. The predicted octanol–water partition coefficient (Wildman–Crippen LogP) is 5.24. The second-order valence-corrected chi connectivity index (χ2v) is 13.6. The van der Waals surface area contributed by atoms with E-state index >= 15 is 0 Å². The molecule has 0 aromatic heterocycles. The van der Waals surface area contributed by atoms with Crippen molar-refractivity contribution in [1.29, 1.82) is 0 Å². The van der Waals surface area contributed by atoms with E-state index in [1.807, 2.05) is 39.0 Å². The summed E-state index contributed by atoms with van der Waals surface area (Å²) >= 11 is 3.44. The first-order valence-electron chi connectivity index (χ1n) is 13.2. The highest BCUT2D eigenvalue weighted by atomic mass is 79.9. The molecule has 1 saturated heterocycles. The Labute approximate surface area is 226 Å². The second-order valence-electron chi connectivity index (χ2n) is 12.8. The Bertz CT molecular complexity index is 1260. The maximum atomic E-state index is 14.7. The summed E-state index contributed by atoms with van der Waals surface area (Å²) in [7, 11) is 0. The van der Waals surface area contributed by atoms with E-state index in [0.29, 0.717) is 21.5 Å². The van der Waals surface area contributed by atoms with Gasteiger partial charge < -0.3 is 19.3 Å². The first kappa shape index (κ1) is 25.5. The minimum Gasteiger partial charge on any atom is -0.451 e. The molecule has 0 radical (unpaired) electrons. The maximum Gasteiger partial charge on any atom is 0.339 e. The first-order valence-corrected chi connectivity index (χ1v) is 14.0. The van der Waals surface area contributed by atoms with Crippen molar-refractivity contribution in [2.45, 2.75) is 71.6 Å². The number of carbonyl (C=O) groups excluding carboxylic acids is 2. The van der Waals surface area contributed by atoms with Crippen molar-refractivity contribution in [2.75, 3.05) is 6.61 Å². The van der Waals surface area contributed by atoms with Gasteiger partial charge in [-0.1, -0.05) is 45.1 Å². The van der Waals surface area contributed by atoms with Gasteiger partial charge in [0.25, 0.3) is 0 Å². The Hall–Kier alpha value is -1.80. The van der Waals surface area contributed by atoms with Gasteiger partial charge in [-0.2, -0.15) is 0 Å². The van der Waals surface area contributed by atoms with Crippen LogP contribution in [-0.4, -0.2) is 47.1 Å². The van der Waals surface area contributed by atoms with Crippen LogP contribution in [0.2, 0.25) is 0 Å². The fourth-order valence-corrected chi connectivity index (χ4v) is 8.54. The Morgan fingerprint density at radius 1 is 1.19 bits per heavy atom. The van der Waals surface area contributed by atoms with Crippen molar-refractivity contribution < 1.29 is 28.9 Å². The molecule has 3 fully saturated rings. The average molecular weight is 572 g/mol. The van der Waals surface area contributed by atoms with E-state index in [4.69, 9.17) is 14.2 Å². The number of aliphatic hydroxyl groups is 1. The van der Waals surface area contributed by atoms with Gasteiger partial charge in [-0.15, -0.1) is 0 Å². The molecule has 0 amide bonds. The van der Waals surface area contributed by atoms with Gasteiger partial charge in [0.15, 0.2) is 23.3 Å². The molecular weight excluding hydrogens is 536 g/mol. The predicted molar refractivity (Wildman–Crippen MR) is 141 cm³/mol. The third-order valence-corrected chi connectivity index (χ3v) is 10.7. The molecule has 198 valence electrons. The topological polar surface area (TPSA) is 82.1 Å². The van der Waals surface area contributed by atoms with Gasteiger partial charge in [0, 0.05) is 10.4 Å². The average Bonchev–Trinajstić information content (AvgIpc) is 3.31. The zero-order valence-corrected chi connectivity index (χ0v) is 23.8. The van der Waals surface area contributed by atoms with Crippen molar-refractivity contribution in [3.8, 4) is 0 Å². The van der Waals surface area contributed by atoms with Crippen LogP contribution >= 0.6 is 15.9 Å². The monoisotopic (exact) mass is 570 g/mol. The summed E-state index contributed by atoms with van der Waals surface area (Å²) in [4.78, 5) is 28.2. The van der Waals surface area contributed by atoms with Crippen LogP contribution in [0.15, 0.2) is 52.0 Å². The summed E-state index contributed by atoms with van der Waals surface area (Å²) in [5.74, 6) is -1.49. The lowest BCUT2D eigenvalue weighted by Crippen LogP contribution is -2.68. The zero-order chi connectivity index (χ0) is 26.7. The minimum atomic E-state index is -1.81. The molecular formula is C30H35BrO6. The van der Waals surface area contributed by atoms with Crippen molar-refractivity contribution in [1.82, 2.24) is 0 Å². The van der Waals surface area contributed by atoms with Crippen molar-refractivity contribution >= 4 is 27.7 Å². The summed E-state index contributed by atoms with van der Waals surface area (Å²) in [6.45, 7) is 12.3. The number of esters is 1. The molecule has 1 heterocycles. The molecule has 6 nitrogen and oxygen atoms in total. The Morgan fingerprint density at radius 2 is 1.89 bits per heavy atom. The van der Waals surface area contributed by atoms with E-state index in [-0.39, 0.29) is 35.6 Å². The molecule has 1 aromatic carbocycles. The lowest BCUT2D eigenvalue weighted by atomic mass is 9.59. The third-order valence-electron chi connectivity index (χ3n) is 9.99.